The topological polar surface area (TPSA) is 55.2 Å². The molecule has 0 fully saturated rings. The molecule has 0 saturated carbocycles. The van der Waals surface area contributed by atoms with Gasteiger partial charge >= 0.3 is 12.2 Å². The standard InChI is InChI=1S/C12H9F3N2O2/c1-19-11-16-5-7(6-17-11)9-3-2-8(4-10(9)18)12(13,14)15/h2-6,18H,1H3. The summed E-state index contributed by atoms with van der Waals surface area (Å²) in [6.45, 7) is 0. The zero-order valence-corrected chi connectivity index (χ0v) is 9.77. The van der Waals surface area contributed by atoms with Crippen LogP contribution in [0.4, 0.5) is 13.2 Å². The number of aromatic nitrogens is 2. The van der Waals surface area contributed by atoms with Crippen molar-refractivity contribution in [3.8, 4) is 22.9 Å². The van der Waals surface area contributed by atoms with Crippen LogP contribution in [0, 0.1) is 0 Å². The van der Waals surface area contributed by atoms with E-state index in [1.54, 1.807) is 0 Å². The zero-order chi connectivity index (χ0) is 14.0. The first-order valence-corrected chi connectivity index (χ1v) is 5.18. The first-order valence-electron chi connectivity index (χ1n) is 5.18. The molecule has 2 rings (SSSR count). The zero-order valence-electron chi connectivity index (χ0n) is 9.77. The molecule has 4 nitrogen and oxygen atoms in total. The van der Waals surface area contributed by atoms with Gasteiger partial charge in [0, 0.05) is 23.5 Å². The van der Waals surface area contributed by atoms with Gasteiger partial charge in [-0.05, 0) is 18.2 Å². The lowest BCUT2D eigenvalue weighted by Crippen LogP contribution is -2.04. The van der Waals surface area contributed by atoms with Crippen molar-refractivity contribution in [2.75, 3.05) is 7.11 Å². The van der Waals surface area contributed by atoms with Crippen LogP contribution in [-0.4, -0.2) is 22.2 Å². The summed E-state index contributed by atoms with van der Waals surface area (Å²) in [4.78, 5) is 7.64. The highest BCUT2D eigenvalue weighted by molar-refractivity contribution is 5.69. The lowest BCUT2D eigenvalue weighted by molar-refractivity contribution is -0.137. The van der Waals surface area contributed by atoms with E-state index in [4.69, 9.17) is 4.74 Å². The van der Waals surface area contributed by atoms with E-state index >= 15 is 0 Å². The second kappa shape index (κ2) is 4.75. The summed E-state index contributed by atoms with van der Waals surface area (Å²) < 4.78 is 42.1. The van der Waals surface area contributed by atoms with Gasteiger partial charge in [-0.15, -0.1) is 0 Å². The minimum Gasteiger partial charge on any atom is -0.507 e. The third-order valence-corrected chi connectivity index (χ3v) is 2.45. The second-order valence-corrected chi connectivity index (χ2v) is 3.69. The van der Waals surface area contributed by atoms with Crippen LogP contribution in [-0.2, 0) is 6.18 Å². The monoisotopic (exact) mass is 270 g/mol. The van der Waals surface area contributed by atoms with Crippen molar-refractivity contribution in [2.24, 2.45) is 0 Å². The largest absolute Gasteiger partial charge is 0.507 e. The predicted octanol–water partition coefficient (Wildman–Crippen LogP) is 2.88. The highest BCUT2D eigenvalue weighted by Crippen LogP contribution is 2.36. The van der Waals surface area contributed by atoms with Crippen molar-refractivity contribution in [1.82, 2.24) is 9.97 Å². The van der Waals surface area contributed by atoms with Crippen LogP contribution >= 0.6 is 0 Å². The second-order valence-electron chi connectivity index (χ2n) is 3.69. The minimum absolute atomic E-state index is 0.134. The number of ether oxygens (including phenoxy) is 1. The summed E-state index contributed by atoms with van der Waals surface area (Å²) in [6.07, 6.45) is -1.78. The smallest absolute Gasteiger partial charge is 0.416 e. The normalized spacial score (nSPS) is 11.4. The molecule has 2 aromatic rings. The van der Waals surface area contributed by atoms with Gasteiger partial charge in [0.15, 0.2) is 0 Å². The molecular formula is C12H9F3N2O2. The molecule has 0 saturated heterocycles. The maximum absolute atomic E-state index is 12.4. The quantitative estimate of drug-likeness (QED) is 0.911. The number of benzene rings is 1. The number of alkyl halides is 3. The molecule has 0 amide bonds. The Labute approximate surface area is 106 Å². The lowest BCUT2D eigenvalue weighted by atomic mass is 10.1. The van der Waals surface area contributed by atoms with Crippen molar-refractivity contribution in [2.45, 2.75) is 6.18 Å². The molecule has 0 bridgehead atoms. The molecule has 1 aromatic heterocycles. The van der Waals surface area contributed by atoms with Gasteiger partial charge in [-0.2, -0.15) is 13.2 Å². The van der Waals surface area contributed by atoms with Crippen molar-refractivity contribution >= 4 is 0 Å². The Kier molecular flexibility index (Phi) is 3.28. The highest BCUT2D eigenvalue weighted by Gasteiger charge is 2.31. The van der Waals surface area contributed by atoms with Crippen molar-refractivity contribution in [1.29, 1.82) is 0 Å². The highest BCUT2D eigenvalue weighted by atomic mass is 19.4. The lowest BCUT2D eigenvalue weighted by Gasteiger charge is -2.10. The predicted molar refractivity (Wildman–Crippen MR) is 60.7 cm³/mol. The fraction of sp³-hybridized carbons (Fsp3) is 0.167. The third-order valence-electron chi connectivity index (χ3n) is 2.45. The number of rotatable bonds is 2. The number of aromatic hydroxyl groups is 1. The summed E-state index contributed by atoms with van der Waals surface area (Å²) >= 11 is 0. The van der Waals surface area contributed by atoms with Gasteiger partial charge in [0.25, 0.3) is 0 Å². The van der Waals surface area contributed by atoms with E-state index in [1.165, 1.54) is 25.6 Å². The minimum atomic E-state index is -4.49. The number of hydrogen-bond acceptors (Lipinski definition) is 4. The Hall–Kier alpha value is -2.31. The van der Waals surface area contributed by atoms with Crippen LogP contribution in [0.5, 0.6) is 11.8 Å². The van der Waals surface area contributed by atoms with Gasteiger partial charge in [0.2, 0.25) is 0 Å². The third kappa shape index (κ3) is 2.75. The van der Waals surface area contributed by atoms with Gasteiger partial charge in [0.05, 0.1) is 12.7 Å². The Bertz CT molecular complexity index is 583. The summed E-state index contributed by atoms with van der Waals surface area (Å²) in [5, 5.41) is 9.65. The summed E-state index contributed by atoms with van der Waals surface area (Å²) in [5.74, 6) is -0.483. The fourth-order valence-electron chi connectivity index (χ4n) is 1.51. The van der Waals surface area contributed by atoms with Crippen molar-refractivity contribution in [3.05, 3.63) is 36.2 Å². The number of hydrogen-bond donors (Lipinski definition) is 1. The first-order chi connectivity index (χ1) is 8.91. The number of methoxy groups -OCH3 is 1. The van der Waals surface area contributed by atoms with E-state index in [0.717, 1.165) is 6.07 Å². The van der Waals surface area contributed by atoms with Gasteiger partial charge in [-0.3, -0.25) is 0 Å². The molecule has 0 aliphatic rings. The van der Waals surface area contributed by atoms with Crippen molar-refractivity contribution < 1.29 is 23.0 Å². The molecular weight excluding hydrogens is 261 g/mol. The molecule has 0 atom stereocenters. The van der Waals surface area contributed by atoms with E-state index in [1.807, 2.05) is 0 Å². The van der Waals surface area contributed by atoms with Crippen molar-refractivity contribution in [3.63, 3.8) is 0 Å². The molecule has 1 N–H and O–H groups in total. The Balaban J connectivity index is 2.40. The van der Waals surface area contributed by atoms with Gasteiger partial charge in [-0.25, -0.2) is 9.97 Å². The number of phenols is 1. The summed E-state index contributed by atoms with van der Waals surface area (Å²) in [6, 6.07) is 2.86. The number of halogens is 3. The van der Waals surface area contributed by atoms with Gasteiger partial charge < -0.3 is 9.84 Å². The number of phenolic OH excluding ortho intramolecular Hbond substituents is 1. The molecule has 0 radical (unpaired) electrons. The van der Waals surface area contributed by atoms with E-state index in [9.17, 15) is 18.3 Å². The molecule has 1 heterocycles. The molecule has 19 heavy (non-hydrogen) atoms. The molecule has 100 valence electrons. The fourth-order valence-corrected chi connectivity index (χ4v) is 1.51. The average molecular weight is 270 g/mol. The van der Waals surface area contributed by atoms with Crippen LogP contribution in [0.15, 0.2) is 30.6 Å². The maximum Gasteiger partial charge on any atom is 0.416 e. The summed E-state index contributed by atoms with van der Waals surface area (Å²) in [7, 11) is 1.39. The van der Waals surface area contributed by atoms with E-state index < -0.39 is 17.5 Å². The Morgan fingerprint density at radius 3 is 2.26 bits per heavy atom. The van der Waals surface area contributed by atoms with Crippen LogP contribution in [0.25, 0.3) is 11.1 Å². The maximum atomic E-state index is 12.4. The van der Waals surface area contributed by atoms with Crippen LogP contribution in [0.1, 0.15) is 5.56 Å². The van der Waals surface area contributed by atoms with E-state index in [2.05, 4.69) is 9.97 Å². The Morgan fingerprint density at radius 1 is 1.16 bits per heavy atom. The molecule has 0 aliphatic heterocycles. The van der Waals surface area contributed by atoms with Gasteiger partial charge in [-0.1, -0.05) is 0 Å². The Morgan fingerprint density at radius 2 is 1.79 bits per heavy atom. The van der Waals surface area contributed by atoms with Crippen LogP contribution in [0.3, 0.4) is 0 Å². The molecule has 0 spiro atoms. The SMILES string of the molecule is COc1ncc(-c2ccc(C(F)(F)F)cc2O)cn1. The average Bonchev–Trinajstić information content (AvgIpc) is 2.38. The molecule has 0 aliphatic carbocycles. The van der Waals surface area contributed by atoms with Gasteiger partial charge in [0.1, 0.15) is 5.75 Å². The van der Waals surface area contributed by atoms with E-state index in [-0.39, 0.29) is 11.6 Å². The number of nitrogens with zero attached hydrogens (tertiary/aromatic N) is 2. The van der Waals surface area contributed by atoms with Crippen LogP contribution in [0.2, 0.25) is 0 Å². The van der Waals surface area contributed by atoms with E-state index in [0.29, 0.717) is 11.6 Å². The summed E-state index contributed by atoms with van der Waals surface area (Å²) in [5.41, 5.74) is -0.300. The van der Waals surface area contributed by atoms with Crippen LogP contribution < -0.4 is 4.74 Å². The first kappa shape index (κ1) is 13.1. The molecule has 1 aromatic carbocycles. The molecule has 0 unspecified atom stereocenters. The molecule has 7 heteroatoms.